The molecule has 1 spiro atoms. The van der Waals surface area contributed by atoms with Gasteiger partial charge in [-0.05, 0) is 31.2 Å². The molecule has 7 nitrogen and oxygen atoms in total. The first-order valence-corrected chi connectivity index (χ1v) is 12.2. The highest BCUT2D eigenvalue weighted by Gasteiger charge is 2.73. The molecular formula is C24H26ClN3O4S. The molecule has 1 aromatic carbocycles. The zero-order chi connectivity index (χ0) is 23.5. The van der Waals surface area contributed by atoms with E-state index in [0.29, 0.717) is 23.8 Å². The van der Waals surface area contributed by atoms with E-state index in [-0.39, 0.29) is 30.9 Å². The van der Waals surface area contributed by atoms with Crippen molar-refractivity contribution < 1.29 is 19.5 Å². The Morgan fingerprint density at radius 2 is 1.73 bits per heavy atom. The summed E-state index contributed by atoms with van der Waals surface area (Å²) in [7, 11) is 1.74. The van der Waals surface area contributed by atoms with Crippen LogP contribution < -0.4 is 4.90 Å². The maximum absolute atomic E-state index is 14.1. The number of rotatable bonds is 3. The van der Waals surface area contributed by atoms with Crippen LogP contribution in [0.25, 0.3) is 0 Å². The average Bonchev–Trinajstić information content (AvgIpc) is 3.04. The van der Waals surface area contributed by atoms with Crippen molar-refractivity contribution in [3.63, 3.8) is 0 Å². The van der Waals surface area contributed by atoms with Gasteiger partial charge in [0.2, 0.25) is 11.8 Å². The monoisotopic (exact) mass is 487 g/mol. The molecule has 174 valence electrons. The third kappa shape index (κ3) is 3.18. The number of hydrogen-bond acceptors (Lipinski definition) is 5. The number of thioether (sulfide) groups is 1. The average molecular weight is 488 g/mol. The fraction of sp³-hybridized carbons (Fsp3) is 0.458. The van der Waals surface area contributed by atoms with Crippen LogP contribution in [0.5, 0.6) is 0 Å². The molecule has 0 saturated carbocycles. The first-order valence-electron chi connectivity index (χ1n) is 11.0. The lowest BCUT2D eigenvalue weighted by molar-refractivity contribution is -0.143. The quantitative estimate of drug-likeness (QED) is 0.659. The first kappa shape index (κ1) is 22.5. The number of β-amino-alcohol motifs (C(OH)–C–C–N with tert-alkyl or cyclic N) is 1. The standard InChI is InChI=1S/C24H26ClN3O4S/c1-23-9-3-11-26(2)20(30)17(23)18-21(31)28(13-14-29)19-22(32)27(12-4-10-24(18,19)33-23)16-7-5-15(25)6-8-16/h3-10,17-19,29H,11-14H2,1-2H3/t17-,18-,19?,23+,24-/m0/s1. The number of nitrogens with zero attached hydrogens (tertiary/aromatic N) is 3. The van der Waals surface area contributed by atoms with Gasteiger partial charge >= 0.3 is 0 Å². The summed E-state index contributed by atoms with van der Waals surface area (Å²) in [6.07, 6.45) is 7.89. The Morgan fingerprint density at radius 3 is 2.42 bits per heavy atom. The summed E-state index contributed by atoms with van der Waals surface area (Å²) in [5, 5.41) is 10.3. The Labute approximate surface area is 202 Å². The molecule has 9 heteroatoms. The number of aliphatic hydroxyl groups is 1. The van der Waals surface area contributed by atoms with Gasteiger partial charge in [-0.1, -0.05) is 35.9 Å². The van der Waals surface area contributed by atoms with Gasteiger partial charge in [0, 0.05) is 42.1 Å². The van der Waals surface area contributed by atoms with Crippen LogP contribution in [0.15, 0.2) is 48.6 Å². The van der Waals surface area contributed by atoms with Crippen LogP contribution in [-0.4, -0.2) is 81.5 Å². The van der Waals surface area contributed by atoms with Crippen molar-refractivity contribution in [3.8, 4) is 0 Å². The van der Waals surface area contributed by atoms with E-state index in [9.17, 15) is 19.5 Å². The summed E-state index contributed by atoms with van der Waals surface area (Å²) in [5.74, 6) is -1.83. The number of likely N-dealkylation sites (tertiary alicyclic amines) is 1. The summed E-state index contributed by atoms with van der Waals surface area (Å²) < 4.78 is -1.52. The molecule has 0 bridgehead atoms. The highest BCUT2D eigenvalue weighted by molar-refractivity contribution is 8.02. The fourth-order valence-electron chi connectivity index (χ4n) is 5.84. The summed E-state index contributed by atoms with van der Waals surface area (Å²) >= 11 is 7.58. The van der Waals surface area contributed by atoms with Crippen molar-refractivity contribution in [2.45, 2.75) is 22.5 Å². The van der Waals surface area contributed by atoms with Gasteiger partial charge in [0.15, 0.2) is 0 Å². The molecule has 0 radical (unpaired) electrons. The molecule has 0 aromatic heterocycles. The highest BCUT2D eigenvalue weighted by Crippen LogP contribution is 2.65. The number of halogens is 1. The molecule has 33 heavy (non-hydrogen) atoms. The van der Waals surface area contributed by atoms with Crippen LogP contribution in [0.4, 0.5) is 5.69 Å². The van der Waals surface area contributed by atoms with E-state index in [0.717, 1.165) is 0 Å². The Bertz CT molecular complexity index is 1080. The number of aliphatic hydroxyl groups excluding tert-OH is 1. The molecular weight excluding hydrogens is 462 g/mol. The normalized spacial score (nSPS) is 35.5. The third-order valence-corrected chi connectivity index (χ3v) is 9.29. The van der Waals surface area contributed by atoms with Crippen molar-refractivity contribution >= 4 is 46.8 Å². The predicted molar refractivity (Wildman–Crippen MR) is 128 cm³/mol. The van der Waals surface area contributed by atoms with Crippen molar-refractivity contribution in [2.75, 3.05) is 38.2 Å². The molecule has 2 saturated heterocycles. The fourth-order valence-corrected chi connectivity index (χ4v) is 8.13. The Morgan fingerprint density at radius 1 is 1.03 bits per heavy atom. The molecule has 1 N–H and O–H groups in total. The topological polar surface area (TPSA) is 81.2 Å². The largest absolute Gasteiger partial charge is 0.395 e. The lowest BCUT2D eigenvalue weighted by Crippen LogP contribution is -2.54. The number of carbonyl (C=O) groups excluding carboxylic acids is 3. The van der Waals surface area contributed by atoms with Gasteiger partial charge in [0.25, 0.3) is 5.91 Å². The van der Waals surface area contributed by atoms with E-state index >= 15 is 0 Å². The van der Waals surface area contributed by atoms with E-state index in [1.807, 2.05) is 31.2 Å². The zero-order valence-corrected chi connectivity index (χ0v) is 20.1. The Balaban J connectivity index is 1.65. The number of amides is 3. The number of benzene rings is 1. The van der Waals surface area contributed by atoms with E-state index < -0.39 is 27.4 Å². The van der Waals surface area contributed by atoms with Crippen LogP contribution in [0, 0.1) is 11.8 Å². The molecule has 0 aliphatic carbocycles. The molecule has 1 aromatic rings. The highest BCUT2D eigenvalue weighted by atomic mass is 35.5. The van der Waals surface area contributed by atoms with Gasteiger partial charge in [-0.25, -0.2) is 0 Å². The summed E-state index contributed by atoms with van der Waals surface area (Å²) in [4.78, 5) is 46.1. The number of anilines is 1. The lowest BCUT2D eigenvalue weighted by atomic mass is 9.74. The second-order valence-corrected chi connectivity index (χ2v) is 11.4. The summed E-state index contributed by atoms with van der Waals surface area (Å²) in [6.45, 7) is 2.60. The summed E-state index contributed by atoms with van der Waals surface area (Å²) in [5.41, 5.74) is 0.685. The second-order valence-electron chi connectivity index (χ2n) is 9.20. The van der Waals surface area contributed by atoms with Crippen molar-refractivity contribution in [1.82, 2.24) is 9.80 Å². The zero-order valence-electron chi connectivity index (χ0n) is 18.5. The number of likely N-dealkylation sites (N-methyl/N-ethyl adjacent to an activating group) is 1. The number of fused-ring (bicyclic) bond motifs is 2. The minimum absolute atomic E-state index is 0.0413. The van der Waals surface area contributed by atoms with Crippen molar-refractivity contribution in [1.29, 1.82) is 0 Å². The maximum Gasteiger partial charge on any atom is 0.251 e. The minimum atomic E-state index is -0.901. The van der Waals surface area contributed by atoms with Crippen LogP contribution >= 0.6 is 23.4 Å². The van der Waals surface area contributed by atoms with Gasteiger partial charge < -0.3 is 19.8 Å². The van der Waals surface area contributed by atoms with E-state index in [1.165, 1.54) is 16.7 Å². The molecule has 5 rings (SSSR count). The van der Waals surface area contributed by atoms with Gasteiger partial charge in [-0.15, -0.1) is 11.8 Å². The Kier molecular flexibility index (Phi) is 5.38. The molecule has 4 heterocycles. The van der Waals surface area contributed by atoms with Gasteiger partial charge in [-0.3, -0.25) is 14.4 Å². The smallest absolute Gasteiger partial charge is 0.251 e. The molecule has 3 amide bonds. The maximum atomic E-state index is 14.1. The lowest BCUT2D eigenvalue weighted by Gasteiger charge is -2.36. The van der Waals surface area contributed by atoms with E-state index in [4.69, 9.17) is 11.6 Å². The first-order chi connectivity index (χ1) is 15.7. The molecule has 2 fully saturated rings. The summed E-state index contributed by atoms with van der Waals surface area (Å²) in [6, 6.07) is 6.20. The molecule has 5 atom stereocenters. The van der Waals surface area contributed by atoms with Gasteiger partial charge in [0.1, 0.15) is 6.04 Å². The van der Waals surface area contributed by atoms with Gasteiger partial charge in [0.05, 0.1) is 23.2 Å². The van der Waals surface area contributed by atoms with Crippen molar-refractivity contribution in [3.05, 3.63) is 53.6 Å². The molecule has 4 aliphatic heterocycles. The number of carbonyl (C=O) groups is 3. The SMILES string of the molecule is CN1CC=C[C@@]2(C)S[C@]34C=CCN(c5ccc(Cl)cc5)C(=O)C3N(CCO)C(=O)[C@@H]4[C@H]2C1=O. The molecule has 1 unspecified atom stereocenters. The Hall–Kier alpha value is -2.29. The van der Waals surface area contributed by atoms with Crippen LogP contribution in [0.3, 0.4) is 0 Å². The third-order valence-electron chi connectivity index (χ3n) is 7.24. The minimum Gasteiger partial charge on any atom is -0.395 e. The van der Waals surface area contributed by atoms with Gasteiger partial charge in [-0.2, -0.15) is 0 Å². The van der Waals surface area contributed by atoms with Crippen molar-refractivity contribution in [2.24, 2.45) is 11.8 Å². The van der Waals surface area contributed by atoms with E-state index in [1.54, 1.807) is 41.1 Å². The molecule has 4 aliphatic rings. The number of hydrogen-bond donors (Lipinski definition) is 1. The van der Waals surface area contributed by atoms with E-state index in [2.05, 4.69) is 0 Å². The van der Waals surface area contributed by atoms with Crippen LogP contribution in [0.1, 0.15) is 6.92 Å². The second kappa shape index (κ2) is 7.89. The van der Waals surface area contributed by atoms with Crippen LogP contribution in [-0.2, 0) is 14.4 Å². The van der Waals surface area contributed by atoms with Crippen LogP contribution in [0.2, 0.25) is 5.02 Å². The predicted octanol–water partition coefficient (Wildman–Crippen LogP) is 1.95.